The van der Waals surface area contributed by atoms with Crippen molar-refractivity contribution in [2.24, 2.45) is 0 Å². The summed E-state index contributed by atoms with van der Waals surface area (Å²) >= 11 is 0. The molecule has 0 fully saturated rings. The third-order valence-corrected chi connectivity index (χ3v) is 7.44. The van der Waals surface area contributed by atoms with Crippen LogP contribution in [0.15, 0.2) is 24.3 Å². The summed E-state index contributed by atoms with van der Waals surface area (Å²) in [5, 5.41) is 18.1. The van der Waals surface area contributed by atoms with E-state index in [1.807, 2.05) is 0 Å². The largest absolute Gasteiger partial charge is 0.480 e. The van der Waals surface area contributed by atoms with E-state index in [0.29, 0.717) is 32.9 Å². The Hall–Kier alpha value is -3.78. The first-order valence-electron chi connectivity index (χ1n) is 19.0. The molecular weight excluding hydrogens is 672 g/mol. The molecule has 0 bridgehead atoms. The number of carbonyl (C=O) groups excluding carboxylic acids is 5. The number of esters is 1. The van der Waals surface area contributed by atoms with E-state index in [9.17, 15) is 28.8 Å². The average molecular weight is 741 g/mol. The van der Waals surface area contributed by atoms with E-state index in [1.54, 1.807) is 6.92 Å². The second-order valence-corrected chi connectivity index (χ2v) is 12.0. The highest BCUT2D eigenvalue weighted by molar-refractivity contribution is 6.35. The molecule has 52 heavy (non-hydrogen) atoms. The van der Waals surface area contributed by atoms with Gasteiger partial charge in [-0.3, -0.25) is 19.2 Å². The zero-order valence-corrected chi connectivity index (χ0v) is 32.1. The fourth-order valence-corrected chi connectivity index (χ4v) is 4.55. The molecule has 0 unspecified atom stereocenters. The molecule has 0 rings (SSSR count). The molecule has 14 nitrogen and oxygen atoms in total. The van der Waals surface area contributed by atoms with Crippen LogP contribution < -0.4 is 21.3 Å². The Morgan fingerprint density at radius 2 is 0.865 bits per heavy atom. The fraction of sp³-hybridized carbons (Fsp3) is 0.737. The van der Waals surface area contributed by atoms with Crippen LogP contribution in [-0.4, -0.2) is 101 Å². The Kier molecular flexibility index (Phi) is 38.7. The van der Waals surface area contributed by atoms with Crippen molar-refractivity contribution in [1.29, 1.82) is 0 Å². The molecule has 4 amide bonds. The molecule has 0 aromatic rings. The number of aliphatic carboxylic acids is 1. The standard InChI is InChI=1S/C20H36N2O5.C18H32N2O5/c1-3-27-18(23)17-26-16-14-12-10-8-6-4-5-7-9-11-13-15-22-20(25)19(24)21-2;1-19-17(23)18(24)20-13-11-9-7-5-3-2-4-6-8-10-12-14-25-15-16(21)22/h5,7H,3-4,6,8-17H2,1-2H3,(H,21,24)(H,22,25);3,5H,2,4,6-15H2,1H3,(H,19,23)(H,20,24)(H,21,22)/b7-5-;5-3-. The van der Waals surface area contributed by atoms with E-state index < -0.39 is 29.6 Å². The number of hydrogen-bond acceptors (Lipinski definition) is 9. The average Bonchev–Trinajstić information content (AvgIpc) is 3.13. The number of carboxylic acids is 1. The fourth-order valence-electron chi connectivity index (χ4n) is 4.55. The zero-order chi connectivity index (χ0) is 38.9. The van der Waals surface area contributed by atoms with Crippen LogP contribution in [0.5, 0.6) is 0 Å². The van der Waals surface area contributed by atoms with Gasteiger partial charge >= 0.3 is 35.6 Å². The van der Waals surface area contributed by atoms with Crippen LogP contribution in [0.4, 0.5) is 0 Å². The van der Waals surface area contributed by atoms with Crippen LogP contribution in [-0.2, 0) is 43.0 Å². The van der Waals surface area contributed by atoms with Crippen LogP contribution in [0, 0.1) is 0 Å². The van der Waals surface area contributed by atoms with E-state index >= 15 is 0 Å². The number of amides is 4. The van der Waals surface area contributed by atoms with Gasteiger partial charge in [-0.1, -0.05) is 62.8 Å². The minimum absolute atomic E-state index is 0.0546. The monoisotopic (exact) mass is 740 g/mol. The Balaban J connectivity index is 0. The van der Waals surface area contributed by atoms with Gasteiger partial charge in [0.2, 0.25) is 0 Å². The van der Waals surface area contributed by atoms with Gasteiger partial charge in [-0.25, -0.2) is 9.59 Å². The van der Waals surface area contributed by atoms with Gasteiger partial charge in [0.15, 0.2) is 0 Å². The molecule has 0 heterocycles. The molecule has 0 saturated carbocycles. The summed E-state index contributed by atoms with van der Waals surface area (Å²) in [6, 6.07) is 0. The summed E-state index contributed by atoms with van der Waals surface area (Å²) in [7, 11) is 2.87. The molecule has 0 aromatic heterocycles. The predicted octanol–water partition coefficient (Wildman–Crippen LogP) is 4.51. The molecular formula is C38H68N4O10. The van der Waals surface area contributed by atoms with Crippen molar-refractivity contribution in [3.63, 3.8) is 0 Å². The lowest BCUT2D eigenvalue weighted by molar-refractivity contribution is -0.148. The number of ether oxygens (including phenoxy) is 3. The Bertz CT molecular complexity index is 1000. The summed E-state index contributed by atoms with van der Waals surface area (Å²) in [6.07, 6.45) is 27.7. The number of unbranched alkanes of at least 4 members (excludes halogenated alkanes) is 14. The summed E-state index contributed by atoms with van der Waals surface area (Å²) in [5.41, 5.74) is 0. The molecule has 5 N–H and O–H groups in total. The first-order valence-corrected chi connectivity index (χ1v) is 19.0. The maximum Gasteiger partial charge on any atom is 0.332 e. The topological polar surface area (TPSA) is 198 Å². The summed E-state index contributed by atoms with van der Waals surface area (Å²) in [5.74, 6) is -3.56. The SMILES string of the molecule is CCOC(=O)COCCCCCCC/C=C\CCCCNC(=O)C(=O)NC.CNC(=O)C(=O)NCCCC/C=C\CCCCCCCOCC(=O)O. The Morgan fingerprint density at radius 3 is 1.25 bits per heavy atom. The van der Waals surface area contributed by atoms with Gasteiger partial charge in [-0.05, 0) is 84.0 Å². The molecule has 0 spiro atoms. The van der Waals surface area contributed by atoms with Crippen LogP contribution in [0.1, 0.15) is 122 Å². The second kappa shape index (κ2) is 40.0. The lowest BCUT2D eigenvalue weighted by atomic mass is 10.1. The van der Waals surface area contributed by atoms with Gasteiger partial charge in [0, 0.05) is 40.4 Å². The Morgan fingerprint density at radius 1 is 0.500 bits per heavy atom. The maximum absolute atomic E-state index is 11.2. The minimum Gasteiger partial charge on any atom is -0.480 e. The molecule has 0 aliphatic rings. The molecule has 0 aliphatic carbocycles. The van der Waals surface area contributed by atoms with Gasteiger partial charge in [0.25, 0.3) is 0 Å². The first kappa shape index (κ1) is 50.3. The van der Waals surface area contributed by atoms with Gasteiger partial charge in [0.1, 0.15) is 13.2 Å². The molecule has 300 valence electrons. The van der Waals surface area contributed by atoms with Crippen molar-refractivity contribution < 1.29 is 48.1 Å². The predicted molar refractivity (Wildman–Crippen MR) is 201 cm³/mol. The number of carbonyl (C=O) groups is 6. The van der Waals surface area contributed by atoms with Gasteiger partial charge in [0.05, 0.1) is 6.61 Å². The number of likely N-dealkylation sites (N-methyl/N-ethyl adjacent to an activating group) is 2. The van der Waals surface area contributed by atoms with Crippen LogP contribution in [0.3, 0.4) is 0 Å². The first-order chi connectivity index (χ1) is 25.2. The number of rotatable bonds is 31. The summed E-state index contributed by atoms with van der Waals surface area (Å²) in [6.45, 7) is 4.22. The molecule has 0 atom stereocenters. The molecule has 0 saturated heterocycles. The van der Waals surface area contributed by atoms with Crippen molar-refractivity contribution in [3.05, 3.63) is 24.3 Å². The minimum atomic E-state index is -0.916. The van der Waals surface area contributed by atoms with E-state index in [2.05, 4.69) is 45.6 Å². The van der Waals surface area contributed by atoms with E-state index in [4.69, 9.17) is 19.3 Å². The summed E-state index contributed by atoms with van der Waals surface area (Å²) < 4.78 is 15.0. The van der Waals surface area contributed by atoms with Crippen molar-refractivity contribution in [2.75, 3.05) is 60.2 Å². The second-order valence-electron chi connectivity index (χ2n) is 12.0. The van der Waals surface area contributed by atoms with Crippen molar-refractivity contribution >= 4 is 35.6 Å². The summed E-state index contributed by atoms with van der Waals surface area (Å²) in [4.78, 5) is 65.6. The molecule has 0 radical (unpaired) electrons. The molecule has 0 aromatic carbocycles. The van der Waals surface area contributed by atoms with E-state index in [-0.39, 0.29) is 19.2 Å². The highest BCUT2D eigenvalue weighted by Crippen LogP contribution is 2.08. The third kappa shape index (κ3) is 39.0. The van der Waals surface area contributed by atoms with Gasteiger partial charge < -0.3 is 40.6 Å². The van der Waals surface area contributed by atoms with Crippen molar-refractivity contribution in [1.82, 2.24) is 21.3 Å². The van der Waals surface area contributed by atoms with Crippen molar-refractivity contribution in [2.45, 2.75) is 122 Å². The van der Waals surface area contributed by atoms with E-state index in [0.717, 1.165) is 89.9 Å². The normalized spacial score (nSPS) is 10.8. The highest BCUT2D eigenvalue weighted by Gasteiger charge is 2.09. The van der Waals surface area contributed by atoms with Crippen LogP contribution >= 0.6 is 0 Å². The molecule has 0 aliphatic heterocycles. The lowest BCUT2D eigenvalue weighted by Gasteiger charge is -2.04. The lowest BCUT2D eigenvalue weighted by Crippen LogP contribution is -2.38. The quantitative estimate of drug-likeness (QED) is 0.0292. The van der Waals surface area contributed by atoms with E-state index in [1.165, 1.54) is 39.8 Å². The van der Waals surface area contributed by atoms with Gasteiger partial charge in [-0.15, -0.1) is 0 Å². The third-order valence-electron chi connectivity index (χ3n) is 7.44. The smallest absolute Gasteiger partial charge is 0.332 e. The Labute approximate surface area is 311 Å². The number of hydrogen-bond donors (Lipinski definition) is 5. The number of carboxylic acid groups (broad SMARTS) is 1. The zero-order valence-electron chi connectivity index (χ0n) is 32.1. The molecule has 14 heteroatoms. The van der Waals surface area contributed by atoms with Crippen LogP contribution in [0.25, 0.3) is 0 Å². The maximum atomic E-state index is 11.2. The van der Waals surface area contributed by atoms with Gasteiger partial charge in [-0.2, -0.15) is 0 Å². The number of allylic oxidation sites excluding steroid dienone is 4. The highest BCUT2D eigenvalue weighted by atomic mass is 16.6. The number of nitrogens with one attached hydrogen (secondary N) is 4. The van der Waals surface area contributed by atoms with Crippen LogP contribution in [0.2, 0.25) is 0 Å². The van der Waals surface area contributed by atoms with Crippen molar-refractivity contribution in [3.8, 4) is 0 Å².